The van der Waals surface area contributed by atoms with Crippen molar-refractivity contribution in [2.75, 3.05) is 0 Å². The molecule has 1 N–H and O–H groups in total. The standard InChI is InChI=1S/C12H13BrN2O/c1-9(12-3-2-4-16-12)15-7-10-5-11(13)8-14-6-10/h2-6,8-9,15H,7H2,1H3/t9-/m0/s1. The summed E-state index contributed by atoms with van der Waals surface area (Å²) in [6.45, 7) is 2.85. The third-order valence-electron chi connectivity index (χ3n) is 2.34. The first kappa shape index (κ1) is 11.4. The minimum Gasteiger partial charge on any atom is -0.468 e. The lowest BCUT2D eigenvalue weighted by atomic mass is 10.2. The average Bonchev–Trinajstić information content (AvgIpc) is 2.79. The zero-order chi connectivity index (χ0) is 11.4. The van der Waals surface area contributed by atoms with Gasteiger partial charge in [-0.05, 0) is 46.6 Å². The highest BCUT2D eigenvalue weighted by Crippen LogP contribution is 2.14. The van der Waals surface area contributed by atoms with Crippen LogP contribution < -0.4 is 5.32 Å². The summed E-state index contributed by atoms with van der Waals surface area (Å²) in [6.07, 6.45) is 5.32. The highest BCUT2D eigenvalue weighted by Gasteiger charge is 2.07. The highest BCUT2D eigenvalue weighted by atomic mass is 79.9. The van der Waals surface area contributed by atoms with Crippen LogP contribution in [0.3, 0.4) is 0 Å². The van der Waals surface area contributed by atoms with E-state index >= 15 is 0 Å². The Kier molecular flexibility index (Phi) is 3.74. The van der Waals surface area contributed by atoms with E-state index in [9.17, 15) is 0 Å². The van der Waals surface area contributed by atoms with Gasteiger partial charge in [-0.3, -0.25) is 4.98 Å². The van der Waals surface area contributed by atoms with Crippen molar-refractivity contribution in [1.82, 2.24) is 10.3 Å². The van der Waals surface area contributed by atoms with Gasteiger partial charge in [0.15, 0.2) is 0 Å². The first-order chi connectivity index (χ1) is 7.75. The molecule has 0 bridgehead atoms. The molecule has 0 aromatic carbocycles. The second kappa shape index (κ2) is 5.27. The van der Waals surface area contributed by atoms with E-state index < -0.39 is 0 Å². The molecule has 84 valence electrons. The molecule has 0 saturated heterocycles. The second-order valence-corrected chi connectivity index (χ2v) is 4.55. The Morgan fingerprint density at radius 1 is 1.50 bits per heavy atom. The molecule has 16 heavy (non-hydrogen) atoms. The van der Waals surface area contributed by atoms with E-state index in [0.29, 0.717) is 0 Å². The van der Waals surface area contributed by atoms with Crippen LogP contribution in [0.2, 0.25) is 0 Å². The van der Waals surface area contributed by atoms with Crippen LogP contribution in [0.15, 0.2) is 45.7 Å². The molecule has 0 aliphatic carbocycles. The molecule has 0 amide bonds. The van der Waals surface area contributed by atoms with Gasteiger partial charge < -0.3 is 9.73 Å². The van der Waals surface area contributed by atoms with Crippen LogP contribution in [0.1, 0.15) is 24.3 Å². The van der Waals surface area contributed by atoms with Crippen LogP contribution in [0.5, 0.6) is 0 Å². The number of aromatic nitrogens is 1. The van der Waals surface area contributed by atoms with Gasteiger partial charge in [0, 0.05) is 23.4 Å². The lowest BCUT2D eigenvalue weighted by molar-refractivity contribution is 0.430. The summed E-state index contributed by atoms with van der Waals surface area (Å²) in [5.74, 6) is 0.947. The normalized spacial score (nSPS) is 12.6. The summed E-state index contributed by atoms with van der Waals surface area (Å²) in [6, 6.07) is 6.12. The molecule has 0 unspecified atom stereocenters. The van der Waals surface area contributed by atoms with Crippen molar-refractivity contribution in [1.29, 1.82) is 0 Å². The maximum absolute atomic E-state index is 5.32. The molecule has 0 spiro atoms. The van der Waals surface area contributed by atoms with Crippen molar-refractivity contribution in [3.05, 3.63) is 52.7 Å². The van der Waals surface area contributed by atoms with Gasteiger partial charge in [0.05, 0.1) is 12.3 Å². The van der Waals surface area contributed by atoms with Crippen LogP contribution in [0.4, 0.5) is 0 Å². The van der Waals surface area contributed by atoms with E-state index in [1.54, 1.807) is 12.5 Å². The van der Waals surface area contributed by atoms with Gasteiger partial charge in [-0.2, -0.15) is 0 Å². The Balaban J connectivity index is 1.92. The van der Waals surface area contributed by atoms with Crippen LogP contribution >= 0.6 is 15.9 Å². The Morgan fingerprint density at radius 3 is 3.06 bits per heavy atom. The molecular weight excluding hydrogens is 268 g/mol. The van der Waals surface area contributed by atoms with Gasteiger partial charge in [-0.15, -0.1) is 0 Å². The molecule has 0 saturated carbocycles. The van der Waals surface area contributed by atoms with Gasteiger partial charge in [0.2, 0.25) is 0 Å². The second-order valence-electron chi connectivity index (χ2n) is 3.63. The minimum absolute atomic E-state index is 0.203. The summed E-state index contributed by atoms with van der Waals surface area (Å²) in [4.78, 5) is 4.11. The quantitative estimate of drug-likeness (QED) is 0.934. The zero-order valence-electron chi connectivity index (χ0n) is 8.98. The molecule has 1 atom stereocenters. The van der Waals surface area contributed by atoms with Crippen LogP contribution in [0, 0.1) is 0 Å². The summed E-state index contributed by atoms with van der Waals surface area (Å²) >= 11 is 3.40. The molecule has 0 fully saturated rings. The van der Waals surface area contributed by atoms with Crippen molar-refractivity contribution in [2.45, 2.75) is 19.5 Å². The van der Waals surface area contributed by atoms with Gasteiger partial charge in [0.1, 0.15) is 5.76 Å². The van der Waals surface area contributed by atoms with E-state index in [4.69, 9.17) is 4.42 Å². The third kappa shape index (κ3) is 2.93. The van der Waals surface area contributed by atoms with Crippen LogP contribution in [-0.4, -0.2) is 4.98 Å². The van der Waals surface area contributed by atoms with Gasteiger partial charge in [-0.25, -0.2) is 0 Å². The molecular formula is C12H13BrN2O. The first-order valence-corrected chi connectivity index (χ1v) is 5.91. The fraction of sp³-hybridized carbons (Fsp3) is 0.250. The Hall–Kier alpha value is -1.13. The highest BCUT2D eigenvalue weighted by molar-refractivity contribution is 9.10. The Labute approximate surface area is 103 Å². The fourth-order valence-electron chi connectivity index (χ4n) is 1.46. The van der Waals surface area contributed by atoms with Crippen LogP contribution in [0.25, 0.3) is 0 Å². The number of pyridine rings is 1. The Bertz CT molecular complexity index is 442. The predicted octanol–water partition coefficient (Wildman–Crippen LogP) is 3.29. The van der Waals surface area contributed by atoms with E-state index in [1.165, 1.54) is 0 Å². The van der Waals surface area contributed by atoms with Crippen molar-refractivity contribution in [2.24, 2.45) is 0 Å². The fourth-order valence-corrected chi connectivity index (χ4v) is 1.87. The molecule has 0 aliphatic heterocycles. The third-order valence-corrected chi connectivity index (χ3v) is 2.78. The largest absolute Gasteiger partial charge is 0.468 e. The van der Waals surface area contributed by atoms with Crippen LogP contribution in [-0.2, 0) is 6.54 Å². The molecule has 0 aliphatic rings. The number of rotatable bonds is 4. The topological polar surface area (TPSA) is 38.1 Å². The van der Waals surface area contributed by atoms with E-state index in [2.05, 4.69) is 39.2 Å². The lowest BCUT2D eigenvalue weighted by Crippen LogP contribution is -2.17. The summed E-state index contributed by atoms with van der Waals surface area (Å²) in [5.41, 5.74) is 1.15. The van der Waals surface area contributed by atoms with Gasteiger partial charge in [0.25, 0.3) is 0 Å². The van der Waals surface area contributed by atoms with Crippen molar-refractivity contribution in [3.8, 4) is 0 Å². The first-order valence-electron chi connectivity index (χ1n) is 5.12. The van der Waals surface area contributed by atoms with E-state index in [1.807, 2.05) is 18.3 Å². The molecule has 2 aromatic heterocycles. The monoisotopic (exact) mass is 280 g/mol. The summed E-state index contributed by atoms with van der Waals surface area (Å²) < 4.78 is 6.32. The van der Waals surface area contributed by atoms with E-state index in [-0.39, 0.29) is 6.04 Å². The van der Waals surface area contributed by atoms with Crippen molar-refractivity contribution >= 4 is 15.9 Å². The SMILES string of the molecule is C[C@H](NCc1cncc(Br)c1)c1ccco1. The zero-order valence-corrected chi connectivity index (χ0v) is 10.6. The smallest absolute Gasteiger partial charge is 0.120 e. The number of nitrogens with zero attached hydrogens (tertiary/aromatic N) is 1. The predicted molar refractivity (Wildman–Crippen MR) is 65.9 cm³/mol. The number of hydrogen-bond donors (Lipinski definition) is 1. The average molecular weight is 281 g/mol. The van der Waals surface area contributed by atoms with Gasteiger partial charge in [-0.1, -0.05) is 0 Å². The maximum Gasteiger partial charge on any atom is 0.120 e. The molecule has 3 nitrogen and oxygen atoms in total. The lowest BCUT2D eigenvalue weighted by Gasteiger charge is -2.11. The van der Waals surface area contributed by atoms with Crippen molar-refractivity contribution in [3.63, 3.8) is 0 Å². The van der Waals surface area contributed by atoms with Crippen molar-refractivity contribution < 1.29 is 4.42 Å². The number of nitrogens with one attached hydrogen (secondary N) is 1. The van der Waals surface area contributed by atoms with E-state index in [0.717, 1.165) is 22.3 Å². The number of furan rings is 1. The number of halogens is 1. The molecule has 2 aromatic rings. The Morgan fingerprint density at radius 2 is 2.38 bits per heavy atom. The van der Waals surface area contributed by atoms with Gasteiger partial charge >= 0.3 is 0 Å². The summed E-state index contributed by atoms with van der Waals surface area (Å²) in [7, 11) is 0. The maximum atomic E-state index is 5.32. The molecule has 2 rings (SSSR count). The minimum atomic E-state index is 0.203. The number of hydrogen-bond acceptors (Lipinski definition) is 3. The molecule has 0 radical (unpaired) electrons. The summed E-state index contributed by atoms with van der Waals surface area (Å²) in [5, 5.41) is 3.37. The molecule has 2 heterocycles. The molecule has 4 heteroatoms.